The third kappa shape index (κ3) is 3.70. The third-order valence-corrected chi connectivity index (χ3v) is 5.00. The van der Waals surface area contributed by atoms with Gasteiger partial charge in [0, 0.05) is 11.3 Å². The molecule has 1 aliphatic rings. The molecule has 0 N–H and O–H groups in total. The van der Waals surface area contributed by atoms with Gasteiger partial charge >= 0.3 is 5.97 Å². The van der Waals surface area contributed by atoms with Gasteiger partial charge in [0.1, 0.15) is 6.54 Å². The molecule has 1 aliphatic carbocycles. The van der Waals surface area contributed by atoms with E-state index in [1.54, 1.807) is 6.92 Å². The molecule has 0 saturated carbocycles. The molecular formula is C18H20N2O3S. The SMILES string of the molecule is CCOC(=O)Cn1c(SCc2ccccc2)nc2c(c1=O)CCC2. The molecule has 6 heteroatoms. The van der Waals surface area contributed by atoms with Crippen LogP contribution < -0.4 is 5.56 Å². The van der Waals surface area contributed by atoms with Crippen LogP contribution in [0.15, 0.2) is 40.3 Å². The number of aromatic nitrogens is 2. The second kappa shape index (κ2) is 7.66. The van der Waals surface area contributed by atoms with E-state index >= 15 is 0 Å². The number of rotatable bonds is 6. The number of hydrogen-bond acceptors (Lipinski definition) is 5. The Morgan fingerprint density at radius 2 is 2.08 bits per heavy atom. The number of nitrogens with zero attached hydrogens (tertiary/aromatic N) is 2. The molecule has 1 heterocycles. The number of benzene rings is 1. The summed E-state index contributed by atoms with van der Waals surface area (Å²) in [6.45, 7) is 1.98. The van der Waals surface area contributed by atoms with Gasteiger partial charge in [0.25, 0.3) is 5.56 Å². The maximum absolute atomic E-state index is 12.7. The Balaban J connectivity index is 1.89. The lowest BCUT2D eigenvalue weighted by atomic mass is 10.2. The summed E-state index contributed by atoms with van der Waals surface area (Å²) in [5.41, 5.74) is 2.69. The number of fused-ring (bicyclic) bond motifs is 1. The Bertz CT molecular complexity index is 787. The average molecular weight is 344 g/mol. The first-order chi connectivity index (χ1) is 11.7. The predicted molar refractivity (Wildman–Crippen MR) is 93.2 cm³/mol. The normalized spacial score (nSPS) is 12.9. The van der Waals surface area contributed by atoms with Gasteiger partial charge in [-0.1, -0.05) is 42.1 Å². The second-order valence-corrected chi connectivity index (χ2v) is 6.59. The summed E-state index contributed by atoms with van der Waals surface area (Å²) in [6, 6.07) is 10.0. The van der Waals surface area contributed by atoms with E-state index in [1.807, 2.05) is 30.3 Å². The van der Waals surface area contributed by atoms with Crippen LogP contribution in [0.4, 0.5) is 0 Å². The molecule has 1 aromatic heterocycles. The van der Waals surface area contributed by atoms with Gasteiger partial charge in [-0.25, -0.2) is 4.98 Å². The molecule has 0 unspecified atom stereocenters. The number of esters is 1. The Labute approximate surface area is 145 Å². The molecule has 0 saturated heterocycles. The van der Waals surface area contributed by atoms with Gasteiger partial charge < -0.3 is 4.74 Å². The zero-order chi connectivity index (χ0) is 16.9. The Morgan fingerprint density at radius 1 is 1.29 bits per heavy atom. The second-order valence-electron chi connectivity index (χ2n) is 5.64. The Kier molecular flexibility index (Phi) is 5.35. The summed E-state index contributed by atoms with van der Waals surface area (Å²) in [5, 5.41) is 0.595. The zero-order valence-corrected chi connectivity index (χ0v) is 14.5. The molecule has 2 aromatic rings. The molecule has 0 atom stereocenters. The van der Waals surface area contributed by atoms with Crippen LogP contribution in [0.5, 0.6) is 0 Å². The smallest absolute Gasteiger partial charge is 0.326 e. The van der Waals surface area contributed by atoms with Crippen molar-refractivity contribution in [1.29, 1.82) is 0 Å². The van der Waals surface area contributed by atoms with Gasteiger partial charge in [0.05, 0.1) is 12.3 Å². The molecule has 0 spiro atoms. The van der Waals surface area contributed by atoms with E-state index in [2.05, 4.69) is 4.98 Å². The summed E-state index contributed by atoms with van der Waals surface area (Å²) < 4.78 is 6.47. The third-order valence-electron chi connectivity index (χ3n) is 3.96. The topological polar surface area (TPSA) is 61.2 Å². The van der Waals surface area contributed by atoms with E-state index < -0.39 is 5.97 Å². The molecule has 0 fully saturated rings. The fourth-order valence-electron chi connectivity index (χ4n) is 2.81. The lowest BCUT2D eigenvalue weighted by molar-refractivity contribution is -0.144. The van der Waals surface area contributed by atoms with Crippen molar-refractivity contribution in [3.8, 4) is 0 Å². The molecule has 24 heavy (non-hydrogen) atoms. The first-order valence-corrected chi connectivity index (χ1v) is 9.12. The number of aryl methyl sites for hydroxylation is 1. The van der Waals surface area contributed by atoms with Crippen LogP contribution >= 0.6 is 11.8 Å². The highest BCUT2D eigenvalue weighted by molar-refractivity contribution is 7.98. The van der Waals surface area contributed by atoms with Gasteiger partial charge in [-0.3, -0.25) is 14.2 Å². The van der Waals surface area contributed by atoms with E-state index in [-0.39, 0.29) is 12.1 Å². The summed E-state index contributed by atoms with van der Waals surface area (Å²) in [5.74, 6) is 0.301. The molecular weight excluding hydrogens is 324 g/mol. The Morgan fingerprint density at radius 3 is 2.83 bits per heavy atom. The molecule has 126 valence electrons. The van der Waals surface area contributed by atoms with Gasteiger partial charge in [-0.05, 0) is 31.7 Å². The van der Waals surface area contributed by atoms with E-state index in [0.717, 1.165) is 36.1 Å². The van der Waals surface area contributed by atoms with Crippen LogP contribution in [0.25, 0.3) is 0 Å². The molecule has 0 bridgehead atoms. The molecule has 0 amide bonds. The van der Waals surface area contributed by atoms with Crippen molar-refractivity contribution >= 4 is 17.7 Å². The van der Waals surface area contributed by atoms with Gasteiger partial charge in [-0.2, -0.15) is 0 Å². The van der Waals surface area contributed by atoms with Crippen molar-refractivity contribution in [3.63, 3.8) is 0 Å². The van der Waals surface area contributed by atoms with Gasteiger partial charge in [0.2, 0.25) is 0 Å². The number of thioether (sulfide) groups is 1. The van der Waals surface area contributed by atoms with Crippen molar-refractivity contribution in [2.45, 2.75) is 43.6 Å². The van der Waals surface area contributed by atoms with E-state index in [9.17, 15) is 9.59 Å². The number of ether oxygens (including phenoxy) is 1. The highest BCUT2D eigenvalue weighted by atomic mass is 32.2. The van der Waals surface area contributed by atoms with Gasteiger partial charge in [-0.15, -0.1) is 0 Å². The number of hydrogen-bond donors (Lipinski definition) is 0. The van der Waals surface area contributed by atoms with Crippen LogP contribution in [0.2, 0.25) is 0 Å². The van der Waals surface area contributed by atoms with E-state index in [1.165, 1.54) is 16.3 Å². The average Bonchev–Trinajstić information content (AvgIpc) is 3.06. The van der Waals surface area contributed by atoms with Crippen LogP contribution in [0.1, 0.15) is 30.2 Å². The van der Waals surface area contributed by atoms with Crippen LogP contribution in [-0.2, 0) is 34.7 Å². The summed E-state index contributed by atoms with van der Waals surface area (Å²) in [7, 11) is 0. The zero-order valence-electron chi connectivity index (χ0n) is 13.7. The summed E-state index contributed by atoms with van der Waals surface area (Å²) >= 11 is 1.48. The van der Waals surface area contributed by atoms with Crippen molar-refractivity contribution < 1.29 is 9.53 Å². The fraction of sp³-hybridized carbons (Fsp3) is 0.389. The van der Waals surface area contributed by atoms with Crippen molar-refractivity contribution in [2.75, 3.05) is 6.61 Å². The molecule has 1 aromatic carbocycles. The van der Waals surface area contributed by atoms with Crippen molar-refractivity contribution in [1.82, 2.24) is 9.55 Å². The van der Waals surface area contributed by atoms with Gasteiger partial charge in [0.15, 0.2) is 5.16 Å². The van der Waals surface area contributed by atoms with E-state index in [0.29, 0.717) is 17.5 Å². The minimum Gasteiger partial charge on any atom is -0.465 e. The monoisotopic (exact) mass is 344 g/mol. The fourth-order valence-corrected chi connectivity index (χ4v) is 3.78. The summed E-state index contributed by atoms with van der Waals surface area (Å²) in [6.07, 6.45) is 2.53. The molecule has 0 aliphatic heterocycles. The standard InChI is InChI=1S/C18H20N2O3S/c1-2-23-16(21)11-20-17(22)14-9-6-10-15(14)19-18(20)24-12-13-7-4-3-5-8-13/h3-5,7-8H,2,6,9-12H2,1H3. The maximum Gasteiger partial charge on any atom is 0.326 e. The highest BCUT2D eigenvalue weighted by Gasteiger charge is 2.22. The minimum absolute atomic E-state index is 0.0793. The maximum atomic E-state index is 12.7. The number of carbonyl (C=O) groups excluding carboxylic acids is 1. The Hall–Kier alpha value is -2.08. The van der Waals surface area contributed by atoms with Crippen LogP contribution in [0.3, 0.4) is 0 Å². The van der Waals surface area contributed by atoms with Crippen molar-refractivity contribution in [3.05, 3.63) is 57.5 Å². The van der Waals surface area contributed by atoms with Crippen LogP contribution in [0, 0.1) is 0 Å². The van der Waals surface area contributed by atoms with Crippen molar-refractivity contribution in [2.24, 2.45) is 0 Å². The number of carbonyl (C=O) groups is 1. The largest absolute Gasteiger partial charge is 0.465 e. The molecule has 0 radical (unpaired) electrons. The highest BCUT2D eigenvalue weighted by Crippen LogP contribution is 2.24. The summed E-state index contributed by atoms with van der Waals surface area (Å²) in [4.78, 5) is 29.3. The minimum atomic E-state index is -0.402. The molecule has 3 rings (SSSR count). The lowest BCUT2D eigenvalue weighted by Gasteiger charge is -2.13. The predicted octanol–water partition coefficient (Wildman–Crippen LogP) is 2.59. The quantitative estimate of drug-likeness (QED) is 0.458. The van der Waals surface area contributed by atoms with E-state index in [4.69, 9.17) is 4.74 Å². The first-order valence-electron chi connectivity index (χ1n) is 8.14. The first kappa shape index (κ1) is 16.8. The molecule has 5 nitrogen and oxygen atoms in total. The lowest BCUT2D eigenvalue weighted by Crippen LogP contribution is -2.30. The van der Waals surface area contributed by atoms with Crippen LogP contribution in [-0.4, -0.2) is 22.1 Å².